The molecular weight excluding hydrogens is 406 g/mol. The summed E-state index contributed by atoms with van der Waals surface area (Å²) in [5.74, 6) is -0.302. The van der Waals surface area contributed by atoms with Crippen molar-refractivity contribution in [3.8, 4) is 17.1 Å². The summed E-state index contributed by atoms with van der Waals surface area (Å²) in [6, 6.07) is 16.7. The molecule has 1 aromatic carbocycles. The number of thiophene rings is 1. The number of pyridine rings is 1. The monoisotopic (exact) mass is 423 g/mol. The van der Waals surface area contributed by atoms with E-state index < -0.39 is 0 Å². The zero-order chi connectivity index (χ0) is 20.2. The van der Waals surface area contributed by atoms with Gasteiger partial charge in [-0.25, -0.2) is 4.68 Å². The molecule has 0 aliphatic heterocycles. The summed E-state index contributed by atoms with van der Waals surface area (Å²) in [5, 5.41) is 14.0. The standard InChI is InChI=1S/C21H18ClN5OS/c1-2-15(18-11-7-13-29-18)24-21(28)19-20(16-9-5-6-12-23-16)27(26-25-19)17-10-4-3-8-14(17)22/h3-13,15H,2H2,1H3,(H,24,28)/t15-/m1/s1. The molecule has 6 nitrogen and oxygen atoms in total. The van der Waals surface area contributed by atoms with Crippen LogP contribution in [0.3, 0.4) is 0 Å². The third-order valence-corrected chi connectivity index (χ3v) is 5.78. The van der Waals surface area contributed by atoms with Gasteiger partial charge in [-0.1, -0.05) is 48.0 Å². The lowest BCUT2D eigenvalue weighted by molar-refractivity contribution is 0.0932. The Hall–Kier alpha value is -3.03. The van der Waals surface area contributed by atoms with E-state index in [1.807, 2.05) is 60.8 Å². The van der Waals surface area contributed by atoms with Gasteiger partial charge in [-0.2, -0.15) is 0 Å². The number of halogens is 1. The molecule has 0 spiro atoms. The van der Waals surface area contributed by atoms with Gasteiger partial charge in [0.1, 0.15) is 5.69 Å². The molecule has 0 bridgehead atoms. The minimum Gasteiger partial charge on any atom is -0.343 e. The van der Waals surface area contributed by atoms with Crippen LogP contribution in [0.1, 0.15) is 34.8 Å². The first-order valence-electron chi connectivity index (χ1n) is 9.15. The lowest BCUT2D eigenvalue weighted by Gasteiger charge is -2.15. The van der Waals surface area contributed by atoms with Crippen molar-refractivity contribution >= 4 is 28.8 Å². The number of carbonyl (C=O) groups is 1. The van der Waals surface area contributed by atoms with Crippen molar-refractivity contribution in [2.45, 2.75) is 19.4 Å². The van der Waals surface area contributed by atoms with E-state index in [1.165, 1.54) is 0 Å². The van der Waals surface area contributed by atoms with Crippen LogP contribution in [0.5, 0.6) is 0 Å². The molecule has 1 atom stereocenters. The number of hydrogen-bond donors (Lipinski definition) is 1. The number of carbonyl (C=O) groups excluding carboxylic acids is 1. The Morgan fingerprint density at radius 2 is 2.00 bits per heavy atom. The van der Waals surface area contributed by atoms with E-state index >= 15 is 0 Å². The summed E-state index contributed by atoms with van der Waals surface area (Å²) in [4.78, 5) is 18.7. The minimum atomic E-state index is -0.302. The van der Waals surface area contributed by atoms with Crippen LogP contribution in [0.25, 0.3) is 17.1 Å². The summed E-state index contributed by atoms with van der Waals surface area (Å²) in [6.45, 7) is 2.03. The molecule has 0 saturated carbocycles. The summed E-state index contributed by atoms with van der Waals surface area (Å²) in [5.41, 5.74) is 1.93. The fourth-order valence-electron chi connectivity index (χ4n) is 3.05. The Kier molecular flexibility index (Phi) is 5.69. The van der Waals surface area contributed by atoms with E-state index in [0.29, 0.717) is 22.1 Å². The fourth-order valence-corrected chi connectivity index (χ4v) is 4.13. The average molecular weight is 424 g/mol. The second kappa shape index (κ2) is 8.55. The first-order chi connectivity index (χ1) is 14.2. The Labute approximate surface area is 177 Å². The molecule has 0 aliphatic carbocycles. The van der Waals surface area contributed by atoms with Gasteiger partial charge in [-0.15, -0.1) is 16.4 Å². The van der Waals surface area contributed by atoms with Crippen molar-refractivity contribution in [2.75, 3.05) is 0 Å². The first kappa shape index (κ1) is 19.3. The Balaban J connectivity index is 1.78. The molecular formula is C21H18ClN5OS. The molecule has 4 aromatic rings. The minimum absolute atomic E-state index is 0.0930. The molecule has 8 heteroatoms. The first-order valence-corrected chi connectivity index (χ1v) is 10.4. The highest BCUT2D eigenvalue weighted by molar-refractivity contribution is 7.10. The predicted molar refractivity (Wildman–Crippen MR) is 114 cm³/mol. The van der Waals surface area contributed by atoms with Gasteiger partial charge in [0, 0.05) is 11.1 Å². The summed E-state index contributed by atoms with van der Waals surface area (Å²) in [7, 11) is 0. The van der Waals surface area contributed by atoms with E-state index in [4.69, 9.17) is 11.6 Å². The van der Waals surface area contributed by atoms with Gasteiger partial charge in [0.05, 0.1) is 22.4 Å². The molecule has 146 valence electrons. The summed E-state index contributed by atoms with van der Waals surface area (Å²) < 4.78 is 1.56. The molecule has 1 N–H and O–H groups in total. The fraction of sp³-hybridized carbons (Fsp3) is 0.143. The lowest BCUT2D eigenvalue weighted by atomic mass is 10.1. The van der Waals surface area contributed by atoms with Crippen molar-refractivity contribution in [3.05, 3.63) is 81.8 Å². The number of para-hydroxylation sites is 1. The number of nitrogens with zero attached hydrogens (tertiary/aromatic N) is 4. The number of aromatic nitrogens is 4. The van der Waals surface area contributed by atoms with Crippen LogP contribution >= 0.6 is 22.9 Å². The third-order valence-electron chi connectivity index (χ3n) is 4.47. The number of hydrogen-bond acceptors (Lipinski definition) is 5. The predicted octanol–water partition coefficient (Wildman–Crippen LogP) is 4.93. The maximum atomic E-state index is 13.1. The van der Waals surface area contributed by atoms with Crippen molar-refractivity contribution in [3.63, 3.8) is 0 Å². The van der Waals surface area contributed by atoms with Crippen LogP contribution in [0, 0.1) is 0 Å². The van der Waals surface area contributed by atoms with Crippen LogP contribution in [0.15, 0.2) is 66.2 Å². The Morgan fingerprint density at radius 3 is 2.69 bits per heavy atom. The van der Waals surface area contributed by atoms with Gasteiger partial charge in [0.25, 0.3) is 5.91 Å². The average Bonchev–Trinajstić information content (AvgIpc) is 3.43. The molecule has 0 unspecified atom stereocenters. The van der Waals surface area contributed by atoms with E-state index in [9.17, 15) is 4.79 Å². The molecule has 29 heavy (non-hydrogen) atoms. The lowest BCUT2D eigenvalue weighted by Crippen LogP contribution is -2.28. The zero-order valence-corrected chi connectivity index (χ0v) is 17.2. The Bertz CT molecular complexity index is 1110. The van der Waals surface area contributed by atoms with Crippen LogP contribution in [-0.4, -0.2) is 25.9 Å². The topological polar surface area (TPSA) is 72.7 Å². The van der Waals surface area contributed by atoms with Crippen LogP contribution in [0.4, 0.5) is 0 Å². The summed E-state index contributed by atoms with van der Waals surface area (Å²) >= 11 is 7.98. The molecule has 3 heterocycles. The van der Waals surface area contributed by atoms with Crippen LogP contribution < -0.4 is 5.32 Å². The maximum absolute atomic E-state index is 13.1. The van der Waals surface area contributed by atoms with Crippen molar-refractivity contribution in [2.24, 2.45) is 0 Å². The molecule has 0 fully saturated rings. The van der Waals surface area contributed by atoms with Crippen LogP contribution in [-0.2, 0) is 0 Å². The molecule has 1 amide bonds. The van der Waals surface area contributed by atoms with Crippen molar-refractivity contribution < 1.29 is 4.79 Å². The second-order valence-electron chi connectivity index (χ2n) is 6.31. The second-order valence-corrected chi connectivity index (χ2v) is 7.70. The van der Waals surface area contributed by atoms with Crippen molar-refractivity contribution in [1.29, 1.82) is 0 Å². The highest BCUT2D eigenvalue weighted by atomic mass is 35.5. The number of rotatable bonds is 6. The third kappa shape index (κ3) is 3.92. The highest BCUT2D eigenvalue weighted by Crippen LogP contribution is 2.28. The number of nitrogens with one attached hydrogen (secondary N) is 1. The van der Waals surface area contributed by atoms with E-state index in [-0.39, 0.29) is 17.6 Å². The van der Waals surface area contributed by atoms with Gasteiger partial charge in [0.15, 0.2) is 5.69 Å². The van der Waals surface area contributed by atoms with Gasteiger partial charge >= 0.3 is 0 Å². The SMILES string of the molecule is CC[C@@H](NC(=O)c1nnn(-c2ccccc2Cl)c1-c1ccccn1)c1cccs1. The maximum Gasteiger partial charge on any atom is 0.274 e. The zero-order valence-electron chi connectivity index (χ0n) is 15.6. The van der Waals surface area contributed by atoms with Crippen LogP contribution in [0.2, 0.25) is 5.02 Å². The Morgan fingerprint density at radius 1 is 1.17 bits per heavy atom. The normalized spacial score (nSPS) is 11.9. The molecule has 4 rings (SSSR count). The number of amides is 1. The van der Waals surface area contributed by atoms with Gasteiger partial charge in [-0.3, -0.25) is 9.78 Å². The van der Waals surface area contributed by atoms with E-state index in [1.54, 1.807) is 28.3 Å². The molecule has 0 aliphatic rings. The van der Waals surface area contributed by atoms with Gasteiger partial charge in [-0.05, 0) is 42.1 Å². The van der Waals surface area contributed by atoms with E-state index in [2.05, 4.69) is 20.6 Å². The van der Waals surface area contributed by atoms with E-state index in [0.717, 1.165) is 11.3 Å². The summed E-state index contributed by atoms with van der Waals surface area (Å²) in [6.07, 6.45) is 2.44. The quantitative estimate of drug-likeness (QED) is 0.477. The molecule has 3 aromatic heterocycles. The largest absolute Gasteiger partial charge is 0.343 e. The number of benzene rings is 1. The van der Waals surface area contributed by atoms with Crippen molar-refractivity contribution in [1.82, 2.24) is 25.3 Å². The smallest absolute Gasteiger partial charge is 0.274 e. The van der Waals surface area contributed by atoms with Gasteiger partial charge < -0.3 is 5.32 Å². The highest BCUT2D eigenvalue weighted by Gasteiger charge is 2.25. The molecule has 0 saturated heterocycles. The molecule has 0 radical (unpaired) electrons. The van der Waals surface area contributed by atoms with Gasteiger partial charge in [0.2, 0.25) is 0 Å².